The van der Waals surface area contributed by atoms with E-state index in [9.17, 15) is 0 Å². The minimum Gasteiger partial charge on any atom is -1.00 e. The van der Waals surface area contributed by atoms with E-state index < -0.39 is 0 Å². The van der Waals surface area contributed by atoms with Gasteiger partial charge in [-0.05, 0) is 19.1 Å². The molecule has 2 rings (SSSR count). The van der Waals surface area contributed by atoms with Crippen LogP contribution in [0.3, 0.4) is 0 Å². The Bertz CT molecular complexity index is 457. The molecular formula is C11H12Cl3N2V-3. The molecule has 0 aliphatic carbocycles. The summed E-state index contributed by atoms with van der Waals surface area (Å²) in [6, 6.07) is 8.15. The molecule has 0 aliphatic heterocycles. The van der Waals surface area contributed by atoms with Gasteiger partial charge in [0.15, 0.2) is 0 Å². The molecule has 0 aliphatic rings. The molecule has 17 heavy (non-hydrogen) atoms. The van der Waals surface area contributed by atoms with Crippen molar-refractivity contribution >= 4 is 11.0 Å². The maximum absolute atomic E-state index is 4.45. The standard InChI is InChI=1S/C11H12N2.3ClH.V/c1-3-8-13-9(2)12-10-6-4-5-7-11(10)13;;;;/h3-7H,1,8H2,2H3;3*1H;/p-3. The molecule has 6 heteroatoms. The fraction of sp³-hybridized carbons (Fsp3) is 0.182. The second-order valence-electron chi connectivity index (χ2n) is 3.05. The Hall–Kier alpha value is -0.116. The third kappa shape index (κ3) is 4.57. The fourth-order valence-corrected chi connectivity index (χ4v) is 1.56. The van der Waals surface area contributed by atoms with Gasteiger partial charge in [0.1, 0.15) is 5.82 Å². The summed E-state index contributed by atoms with van der Waals surface area (Å²) < 4.78 is 2.16. The monoisotopic (exact) mass is 328 g/mol. The summed E-state index contributed by atoms with van der Waals surface area (Å²) in [6.45, 7) is 6.58. The van der Waals surface area contributed by atoms with Gasteiger partial charge in [-0.15, -0.1) is 6.58 Å². The van der Waals surface area contributed by atoms with Crippen molar-refractivity contribution in [3.8, 4) is 0 Å². The molecule has 1 aromatic carbocycles. The molecule has 2 nitrogen and oxygen atoms in total. The number of hydrogen-bond donors (Lipinski definition) is 0. The Balaban J connectivity index is -0.000000490. The average Bonchev–Trinajstić information content (AvgIpc) is 2.44. The summed E-state index contributed by atoms with van der Waals surface area (Å²) in [6.07, 6.45) is 1.89. The van der Waals surface area contributed by atoms with E-state index >= 15 is 0 Å². The van der Waals surface area contributed by atoms with E-state index in [1.807, 2.05) is 31.2 Å². The molecule has 95 valence electrons. The van der Waals surface area contributed by atoms with Gasteiger partial charge in [0.25, 0.3) is 0 Å². The van der Waals surface area contributed by atoms with Gasteiger partial charge in [-0.25, -0.2) is 4.98 Å². The van der Waals surface area contributed by atoms with Crippen LogP contribution in [0.4, 0.5) is 0 Å². The zero-order valence-corrected chi connectivity index (χ0v) is 12.9. The molecule has 0 amide bonds. The molecule has 0 spiro atoms. The Morgan fingerprint density at radius 1 is 1.24 bits per heavy atom. The van der Waals surface area contributed by atoms with Crippen LogP contribution in [0.1, 0.15) is 5.82 Å². The third-order valence-electron chi connectivity index (χ3n) is 2.16. The average molecular weight is 330 g/mol. The zero-order chi connectivity index (χ0) is 9.26. The molecule has 1 heterocycles. The Morgan fingerprint density at radius 3 is 2.41 bits per heavy atom. The minimum absolute atomic E-state index is 0. The summed E-state index contributed by atoms with van der Waals surface area (Å²) in [5.74, 6) is 1.04. The number of benzene rings is 1. The van der Waals surface area contributed by atoms with Crippen LogP contribution in [-0.2, 0) is 25.1 Å². The number of nitrogens with zero attached hydrogens (tertiary/aromatic N) is 2. The zero-order valence-electron chi connectivity index (χ0n) is 9.28. The third-order valence-corrected chi connectivity index (χ3v) is 2.16. The van der Waals surface area contributed by atoms with Gasteiger partial charge in [0, 0.05) is 25.1 Å². The SMILES string of the molecule is C=CCn1c(C)nc2ccccc21.[Cl-].[Cl-].[Cl-].[V]. The van der Waals surface area contributed by atoms with Crippen molar-refractivity contribution < 1.29 is 55.8 Å². The number of halogens is 3. The smallest absolute Gasteiger partial charge is 0.107 e. The molecule has 0 unspecified atom stereocenters. The van der Waals surface area contributed by atoms with Crippen LogP contribution in [0.2, 0.25) is 0 Å². The van der Waals surface area contributed by atoms with Gasteiger partial charge in [-0.1, -0.05) is 18.2 Å². The van der Waals surface area contributed by atoms with Crippen molar-refractivity contribution in [3.63, 3.8) is 0 Å². The van der Waals surface area contributed by atoms with Gasteiger partial charge in [0.05, 0.1) is 11.0 Å². The van der Waals surface area contributed by atoms with Crippen molar-refractivity contribution in [1.29, 1.82) is 0 Å². The minimum atomic E-state index is 0. The van der Waals surface area contributed by atoms with Crippen molar-refractivity contribution in [3.05, 3.63) is 42.7 Å². The van der Waals surface area contributed by atoms with Gasteiger partial charge in [-0.2, -0.15) is 0 Å². The van der Waals surface area contributed by atoms with Gasteiger partial charge in [-0.3, -0.25) is 0 Å². The normalized spacial score (nSPS) is 8.06. The first-order chi connectivity index (χ1) is 6.33. The molecule has 0 saturated heterocycles. The first-order valence-corrected chi connectivity index (χ1v) is 4.35. The summed E-state index contributed by atoms with van der Waals surface area (Å²) in [4.78, 5) is 4.45. The number of hydrogen-bond acceptors (Lipinski definition) is 1. The number of aryl methyl sites for hydroxylation is 1. The molecule has 1 radical (unpaired) electrons. The number of fused-ring (bicyclic) bond motifs is 1. The molecular weight excluding hydrogens is 317 g/mol. The van der Waals surface area contributed by atoms with E-state index in [2.05, 4.69) is 22.2 Å². The molecule has 0 fully saturated rings. The number of imidazole rings is 1. The molecule has 1 aromatic heterocycles. The summed E-state index contributed by atoms with van der Waals surface area (Å²) in [7, 11) is 0. The summed E-state index contributed by atoms with van der Waals surface area (Å²) in [5, 5.41) is 0. The van der Waals surface area contributed by atoms with Crippen LogP contribution >= 0.6 is 0 Å². The number of para-hydroxylation sites is 2. The van der Waals surface area contributed by atoms with E-state index in [4.69, 9.17) is 0 Å². The van der Waals surface area contributed by atoms with Gasteiger partial charge < -0.3 is 41.8 Å². The van der Waals surface area contributed by atoms with Crippen LogP contribution < -0.4 is 37.2 Å². The van der Waals surface area contributed by atoms with Crippen molar-refractivity contribution in [2.45, 2.75) is 13.5 Å². The predicted octanol–water partition coefficient (Wildman–Crippen LogP) is -6.46. The Morgan fingerprint density at radius 2 is 1.82 bits per heavy atom. The van der Waals surface area contributed by atoms with Crippen LogP contribution in [0, 0.1) is 6.92 Å². The van der Waals surface area contributed by atoms with E-state index in [-0.39, 0.29) is 55.8 Å². The maximum atomic E-state index is 4.45. The van der Waals surface area contributed by atoms with Gasteiger partial charge >= 0.3 is 0 Å². The van der Waals surface area contributed by atoms with Crippen LogP contribution in [0.5, 0.6) is 0 Å². The van der Waals surface area contributed by atoms with E-state index in [0.717, 1.165) is 17.9 Å². The number of aromatic nitrogens is 2. The topological polar surface area (TPSA) is 17.8 Å². The summed E-state index contributed by atoms with van der Waals surface area (Å²) >= 11 is 0. The molecule has 0 saturated carbocycles. The molecule has 0 atom stereocenters. The molecule has 0 bridgehead atoms. The van der Waals surface area contributed by atoms with Crippen LogP contribution in [0.15, 0.2) is 36.9 Å². The van der Waals surface area contributed by atoms with E-state index in [0.29, 0.717) is 0 Å². The predicted molar refractivity (Wildman–Crippen MR) is 54.7 cm³/mol. The van der Waals surface area contributed by atoms with Crippen LogP contribution in [0.25, 0.3) is 11.0 Å². The van der Waals surface area contributed by atoms with Crippen molar-refractivity contribution in [2.75, 3.05) is 0 Å². The van der Waals surface area contributed by atoms with E-state index in [1.165, 1.54) is 5.52 Å². The fourth-order valence-electron chi connectivity index (χ4n) is 1.56. The largest absolute Gasteiger partial charge is 1.00 e. The number of rotatable bonds is 2. The van der Waals surface area contributed by atoms with Crippen molar-refractivity contribution in [2.24, 2.45) is 0 Å². The quantitative estimate of drug-likeness (QED) is 0.501. The summed E-state index contributed by atoms with van der Waals surface area (Å²) in [5.41, 5.74) is 2.24. The molecule has 2 aromatic rings. The van der Waals surface area contributed by atoms with E-state index in [1.54, 1.807) is 0 Å². The second-order valence-corrected chi connectivity index (χ2v) is 3.05. The van der Waals surface area contributed by atoms with Crippen LogP contribution in [-0.4, -0.2) is 9.55 Å². The Kier molecular flexibility index (Phi) is 12.8. The number of allylic oxidation sites excluding steroid dienone is 1. The first-order valence-electron chi connectivity index (χ1n) is 4.35. The Labute approximate surface area is 132 Å². The maximum Gasteiger partial charge on any atom is 0.107 e. The van der Waals surface area contributed by atoms with Gasteiger partial charge in [0.2, 0.25) is 0 Å². The first kappa shape index (κ1) is 22.1. The second kappa shape index (κ2) is 9.87. The molecule has 0 N–H and O–H groups in total. The van der Waals surface area contributed by atoms with Crippen molar-refractivity contribution in [1.82, 2.24) is 9.55 Å².